The molecule has 1 aromatic rings. The van der Waals surface area contributed by atoms with E-state index in [0.29, 0.717) is 0 Å². The van der Waals surface area contributed by atoms with Crippen LogP contribution in [-0.2, 0) is 11.2 Å². The summed E-state index contributed by atoms with van der Waals surface area (Å²) in [5.41, 5.74) is 1.25. The number of aldehydes is 1. The van der Waals surface area contributed by atoms with Crippen LogP contribution >= 0.6 is 0 Å². The van der Waals surface area contributed by atoms with Crippen molar-refractivity contribution in [3.05, 3.63) is 29.8 Å². The summed E-state index contributed by atoms with van der Waals surface area (Å²) in [5, 5.41) is 0. The molecule has 0 bridgehead atoms. The van der Waals surface area contributed by atoms with Gasteiger partial charge in [0.25, 0.3) is 0 Å². The van der Waals surface area contributed by atoms with E-state index in [1.54, 1.807) is 7.11 Å². The molecule has 0 fully saturated rings. The number of hydrogen-bond acceptors (Lipinski definition) is 2. The zero-order valence-corrected chi connectivity index (χ0v) is 8.69. The Kier molecular flexibility index (Phi) is 4.17. The Morgan fingerprint density at radius 1 is 1.36 bits per heavy atom. The first kappa shape index (κ1) is 10.8. The number of aryl methyl sites for hydroxylation is 1. The zero-order valence-electron chi connectivity index (χ0n) is 8.69. The van der Waals surface area contributed by atoms with Crippen molar-refractivity contribution in [2.24, 2.45) is 5.92 Å². The standard InChI is InChI=1S/C12H16O2/c1-10(9-13)3-4-11-5-7-12(14-2)8-6-11/h5-10H,3-4H2,1-2H3. The van der Waals surface area contributed by atoms with Gasteiger partial charge in [-0.3, -0.25) is 0 Å². The molecule has 0 radical (unpaired) electrons. The number of rotatable bonds is 5. The molecule has 0 aliphatic carbocycles. The van der Waals surface area contributed by atoms with Crippen molar-refractivity contribution in [2.45, 2.75) is 19.8 Å². The molecule has 0 N–H and O–H groups in total. The molecule has 0 aliphatic rings. The number of hydrogen-bond donors (Lipinski definition) is 0. The van der Waals surface area contributed by atoms with Gasteiger partial charge in [0.15, 0.2) is 0 Å². The largest absolute Gasteiger partial charge is 0.497 e. The fourth-order valence-electron chi connectivity index (χ4n) is 1.25. The predicted octanol–water partition coefficient (Wildman–Crippen LogP) is 2.46. The SMILES string of the molecule is COc1ccc(CCC(C)C=O)cc1. The summed E-state index contributed by atoms with van der Waals surface area (Å²) in [6.07, 6.45) is 2.86. The number of benzene rings is 1. The highest BCUT2D eigenvalue weighted by molar-refractivity contribution is 5.52. The topological polar surface area (TPSA) is 26.3 Å². The molecule has 0 aromatic heterocycles. The van der Waals surface area contributed by atoms with Gasteiger partial charge in [0.05, 0.1) is 7.11 Å². The third kappa shape index (κ3) is 3.21. The van der Waals surface area contributed by atoms with Crippen LogP contribution in [0.1, 0.15) is 18.9 Å². The first-order valence-electron chi connectivity index (χ1n) is 4.84. The number of carbonyl (C=O) groups is 1. The van der Waals surface area contributed by atoms with E-state index in [9.17, 15) is 4.79 Å². The van der Waals surface area contributed by atoms with Crippen LogP contribution in [0.3, 0.4) is 0 Å². The lowest BCUT2D eigenvalue weighted by Crippen LogP contribution is -1.98. The first-order valence-corrected chi connectivity index (χ1v) is 4.84. The second kappa shape index (κ2) is 5.43. The Hall–Kier alpha value is -1.31. The van der Waals surface area contributed by atoms with Gasteiger partial charge in [0, 0.05) is 5.92 Å². The van der Waals surface area contributed by atoms with E-state index in [4.69, 9.17) is 4.74 Å². The second-order valence-electron chi connectivity index (χ2n) is 3.50. The van der Waals surface area contributed by atoms with Crippen LogP contribution in [0.25, 0.3) is 0 Å². The highest BCUT2D eigenvalue weighted by Crippen LogP contribution is 2.13. The highest BCUT2D eigenvalue weighted by atomic mass is 16.5. The third-order valence-corrected chi connectivity index (χ3v) is 2.28. The summed E-state index contributed by atoms with van der Waals surface area (Å²) >= 11 is 0. The third-order valence-electron chi connectivity index (χ3n) is 2.28. The van der Waals surface area contributed by atoms with Crippen molar-refractivity contribution in [1.29, 1.82) is 0 Å². The summed E-state index contributed by atoms with van der Waals surface area (Å²) in [6, 6.07) is 7.97. The molecule has 0 saturated heterocycles. The fourth-order valence-corrected chi connectivity index (χ4v) is 1.25. The van der Waals surface area contributed by atoms with Gasteiger partial charge in [-0.15, -0.1) is 0 Å². The Morgan fingerprint density at radius 3 is 2.50 bits per heavy atom. The highest BCUT2D eigenvalue weighted by Gasteiger charge is 2.00. The molecule has 0 heterocycles. The van der Waals surface area contributed by atoms with Crippen molar-refractivity contribution in [3.8, 4) is 5.75 Å². The summed E-state index contributed by atoms with van der Waals surface area (Å²) in [7, 11) is 1.66. The predicted molar refractivity (Wildman–Crippen MR) is 56.5 cm³/mol. The number of methoxy groups -OCH3 is 1. The van der Waals surface area contributed by atoms with Crippen LogP contribution in [0.15, 0.2) is 24.3 Å². The van der Waals surface area contributed by atoms with Crippen LogP contribution in [0.2, 0.25) is 0 Å². The molecule has 76 valence electrons. The molecule has 1 unspecified atom stereocenters. The summed E-state index contributed by atoms with van der Waals surface area (Å²) < 4.78 is 5.06. The Balaban J connectivity index is 2.47. The lowest BCUT2D eigenvalue weighted by atomic mass is 10.0. The van der Waals surface area contributed by atoms with Gasteiger partial charge in [0.1, 0.15) is 12.0 Å². The molecular formula is C12H16O2. The van der Waals surface area contributed by atoms with E-state index in [1.165, 1.54) is 5.56 Å². The average Bonchev–Trinajstić information content (AvgIpc) is 2.26. The molecular weight excluding hydrogens is 176 g/mol. The average molecular weight is 192 g/mol. The molecule has 1 aromatic carbocycles. The van der Waals surface area contributed by atoms with Gasteiger partial charge >= 0.3 is 0 Å². The number of carbonyl (C=O) groups excluding carboxylic acids is 1. The molecule has 2 heteroatoms. The van der Waals surface area contributed by atoms with Crippen LogP contribution in [0.4, 0.5) is 0 Å². The zero-order chi connectivity index (χ0) is 10.4. The van der Waals surface area contributed by atoms with E-state index >= 15 is 0 Å². The summed E-state index contributed by atoms with van der Waals surface area (Å²) in [5.74, 6) is 1.02. The van der Waals surface area contributed by atoms with Gasteiger partial charge in [-0.05, 0) is 30.5 Å². The van der Waals surface area contributed by atoms with Gasteiger partial charge in [-0.25, -0.2) is 0 Å². The van der Waals surface area contributed by atoms with Crippen LogP contribution < -0.4 is 4.74 Å². The minimum absolute atomic E-state index is 0.150. The molecule has 0 saturated carbocycles. The van der Waals surface area contributed by atoms with Crippen molar-refractivity contribution in [1.82, 2.24) is 0 Å². The lowest BCUT2D eigenvalue weighted by molar-refractivity contribution is -0.110. The minimum atomic E-state index is 0.150. The van der Waals surface area contributed by atoms with Crippen molar-refractivity contribution in [3.63, 3.8) is 0 Å². The van der Waals surface area contributed by atoms with Gasteiger partial charge in [-0.1, -0.05) is 19.1 Å². The maximum atomic E-state index is 10.4. The normalized spacial score (nSPS) is 12.1. The minimum Gasteiger partial charge on any atom is -0.497 e. The van der Waals surface area contributed by atoms with Crippen molar-refractivity contribution in [2.75, 3.05) is 7.11 Å². The molecule has 14 heavy (non-hydrogen) atoms. The van der Waals surface area contributed by atoms with E-state index in [-0.39, 0.29) is 5.92 Å². The molecule has 2 nitrogen and oxygen atoms in total. The maximum absolute atomic E-state index is 10.4. The molecule has 1 atom stereocenters. The van der Waals surface area contributed by atoms with Crippen LogP contribution in [-0.4, -0.2) is 13.4 Å². The van der Waals surface area contributed by atoms with E-state index < -0.39 is 0 Å². The monoisotopic (exact) mass is 192 g/mol. The first-order chi connectivity index (χ1) is 6.76. The number of ether oxygens (including phenoxy) is 1. The van der Waals surface area contributed by atoms with E-state index in [1.807, 2.05) is 31.2 Å². The molecule has 0 aliphatic heterocycles. The summed E-state index contributed by atoms with van der Waals surface area (Å²) in [6.45, 7) is 1.94. The smallest absolute Gasteiger partial charge is 0.122 e. The second-order valence-corrected chi connectivity index (χ2v) is 3.50. The Morgan fingerprint density at radius 2 is 2.00 bits per heavy atom. The van der Waals surface area contributed by atoms with Gasteiger partial charge in [-0.2, -0.15) is 0 Å². The maximum Gasteiger partial charge on any atom is 0.122 e. The quantitative estimate of drug-likeness (QED) is 0.670. The van der Waals surface area contributed by atoms with Crippen molar-refractivity contribution < 1.29 is 9.53 Å². The Bertz CT molecular complexity index is 277. The Labute approximate surface area is 84.9 Å². The van der Waals surface area contributed by atoms with Crippen LogP contribution in [0, 0.1) is 5.92 Å². The lowest BCUT2D eigenvalue weighted by Gasteiger charge is -2.04. The van der Waals surface area contributed by atoms with Crippen molar-refractivity contribution >= 4 is 6.29 Å². The molecule has 0 spiro atoms. The fraction of sp³-hybridized carbons (Fsp3) is 0.417. The molecule has 0 amide bonds. The van der Waals surface area contributed by atoms with E-state index in [0.717, 1.165) is 24.9 Å². The van der Waals surface area contributed by atoms with Gasteiger partial charge < -0.3 is 9.53 Å². The van der Waals surface area contributed by atoms with Gasteiger partial charge in [0.2, 0.25) is 0 Å². The summed E-state index contributed by atoms with van der Waals surface area (Å²) in [4.78, 5) is 10.4. The molecule has 1 rings (SSSR count). The van der Waals surface area contributed by atoms with E-state index in [2.05, 4.69) is 0 Å². The van der Waals surface area contributed by atoms with Crippen LogP contribution in [0.5, 0.6) is 5.75 Å².